The molecule has 10 heteroatoms. The maximum atomic E-state index is 14.4. The van der Waals surface area contributed by atoms with Crippen LogP contribution in [-0.2, 0) is 32.6 Å². The quantitative estimate of drug-likeness (QED) is 0.192. The molecule has 0 unspecified atom stereocenters. The number of carbonyl (C=O) groups excluding carboxylic acids is 2. The summed E-state index contributed by atoms with van der Waals surface area (Å²) in [7, 11) is -4.26. The van der Waals surface area contributed by atoms with Gasteiger partial charge < -0.3 is 10.2 Å². The lowest BCUT2D eigenvalue weighted by molar-refractivity contribution is -0.140. The minimum Gasteiger partial charge on any atom is -0.352 e. The van der Waals surface area contributed by atoms with Crippen LogP contribution in [-0.4, -0.2) is 43.8 Å². The minimum absolute atomic E-state index is 0.0157. The number of sulfonamides is 1. The molecule has 1 N–H and O–H groups in total. The summed E-state index contributed by atoms with van der Waals surface area (Å²) in [5.74, 6) is -1.49. The van der Waals surface area contributed by atoms with E-state index in [1.54, 1.807) is 12.1 Å². The molecule has 44 heavy (non-hydrogen) atoms. The highest BCUT2D eigenvalue weighted by Gasteiger charge is 2.34. The number of hydrogen-bond acceptors (Lipinski definition) is 4. The molecule has 4 aromatic carbocycles. The number of carbonyl (C=O) groups is 2. The first kappa shape index (κ1) is 32.9. The van der Waals surface area contributed by atoms with E-state index in [-0.39, 0.29) is 35.5 Å². The van der Waals surface area contributed by atoms with Crippen molar-refractivity contribution in [1.82, 2.24) is 10.2 Å². The molecule has 0 fully saturated rings. The maximum Gasteiger partial charge on any atom is 0.264 e. The second-order valence-corrected chi connectivity index (χ2v) is 13.6. The third-order valence-corrected chi connectivity index (χ3v) is 9.29. The Bertz CT molecular complexity index is 1660. The van der Waals surface area contributed by atoms with Crippen LogP contribution in [0.5, 0.6) is 0 Å². The van der Waals surface area contributed by atoms with Gasteiger partial charge in [-0.05, 0) is 80.4 Å². The Morgan fingerprint density at radius 3 is 2.05 bits per heavy atom. The molecular formula is C34H35BrFN3O4S. The number of halogens is 2. The Kier molecular flexibility index (Phi) is 10.9. The van der Waals surface area contributed by atoms with Crippen molar-refractivity contribution in [2.75, 3.05) is 10.8 Å². The Morgan fingerprint density at radius 2 is 1.45 bits per heavy atom. The van der Waals surface area contributed by atoms with E-state index in [4.69, 9.17) is 0 Å². The average Bonchev–Trinajstić information content (AvgIpc) is 2.99. The summed E-state index contributed by atoms with van der Waals surface area (Å²) in [6, 6.07) is 26.8. The number of nitrogens with one attached hydrogen (secondary N) is 1. The second kappa shape index (κ2) is 14.6. The van der Waals surface area contributed by atoms with Gasteiger partial charge in [0.25, 0.3) is 10.0 Å². The first-order valence-electron chi connectivity index (χ1n) is 14.2. The Morgan fingerprint density at radius 1 is 0.841 bits per heavy atom. The summed E-state index contributed by atoms with van der Waals surface area (Å²) in [4.78, 5) is 29.5. The van der Waals surface area contributed by atoms with E-state index >= 15 is 0 Å². The first-order valence-corrected chi connectivity index (χ1v) is 16.4. The molecule has 2 amide bonds. The molecule has 0 aliphatic heterocycles. The van der Waals surface area contributed by atoms with Crippen molar-refractivity contribution in [3.05, 3.63) is 130 Å². The number of hydrogen-bond donors (Lipinski definition) is 1. The third kappa shape index (κ3) is 8.54. The fourth-order valence-corrected chi connectivity index (χ4v) is 6.37. The van der Waals surface area contributed by atoms with Crippen molar-refractivity contribution in [2.45, 2.75) is 50.7 Å². The predicted molar refractivity (Wildman–Crippen MR) is 174 cm³/mol. The molecule has 4 rings (SSSR count). The summed E-state index contributed by atoms with van der Waals surface area (Å²) in [5.41, 5.74) is 2.59. The molecule has 0 spiro atoms. The van der Waals surface area contributed by atoms with Gasteiger partial charge in [0.1, 0.15) is 18.4 Å². The van der Waals surface area contributed by atoms with Crippen LogP contribution in [0, 0.1) is 12.7 Å². The van der Waals surface area contributed by atoms with Crippen LogP contribution in [0.2, 0.25) is 0 Å². The topological polar surface area (TPSA) is 86.8 Å². The fraction of sp³-hybridized carbons (Fsp3) is 0.235. The Labute approximate surface area is 266 Å². The average molecular weight is 681 g/mol. The molecule has 230 valence electrons. The second-order valence-electron chi connectivity index (χ2n) is 10.8. The third-order valence-electron chi connectivity index (χ3n) is 6.97. The monoisotopic (exact) mass is 679 g/mol. The lowest BCUT2D eigenvalue weighted by Crippen LogP contribution is -2.54. The molecule has 0 bridgehead atoms. The Balaban J connectivity index is 1.79. The van der Waals surface area contributed by atoms with Gasteiger partial charge in [-0.3, -0.25) is 13.9 Å². The van der Waals surface area contributed by atoms with Crippen LogP contribution in [0.4, 0.5) is 10.1 Å². The summed E-state index contributed by atoms with van der Waals surface area (Å²) >= 11 is 3.43. The molecule has 0 aliphatic rings. The summed E-state index contributed by atoms with van der Waals surface area (Å²) < 4.78 is 43.7. The zero-order valence-corrected chi connectivity index (χ0v) is 27.2. The van der Waals surface area contributed by atoms with Gasteiger partial charge in [-0.25, -0.2) is 12.8 Å². The normalized spacial score (nSPS) is 12.0. The zero-order chi connectivity index (χ0) is 31.9. The molecule has 1 atom stereocenters. The lowest BCUT2D eigenvalue weighted by Gasteiger charge is -2.34. The highest BCUT2D eigenvalue weighted by molar-refractivity contribution is 9.10. The van der Waals surface area contributed by atoms with E-state index < -0.39 is 34.3 Å². The smallest absolute Gasteiger partial charge is 0.264 e. The maximum absolute atomic E-state index is 14.4. The molecule has 0 radical (unpaired) electrons. The molecule has 0 saturated heterocycles. The molecule has 0 saturated carbocycles. The number of nitrogens with zero attached hydrogens (tertiary/aromatic N) is 2. The highest BCUT2D eigenvalue weighted by atomic mass is 79.9. The van der Waals surface area contributed by atoms with Gasteiger partial charge >= 0.3 is 0 Å². The van der Waals surface area contributed by atoms with Gasteiger partial charge in [0.2, 0.25) is 11.8 Å². The van der Waals surface area contributed by atoms with E-state index in [0.717, 1.165) is 37.6 Å². The molecule has 7 nitrogen and oxygen atoms in total. The van der Waals surface area contributed by atoms with Gasteiger partial charge in [0, 0.05) is 23.5 Å². The van der Waals surface area contributed by atoms with Gasteiger partial charge in [0.05, 0.1) is 10.6 Å². The van der Waals surface area contributed by atoms with Crippen molar-refractivity contribution >= 4 is 43.5 Å². The standard InChI is InChI=1S/C34H35BrFN3O4S/c1-24(2)37-34(41)32(21-26-7-5-4-6-8-26)38(22-27-11-13-28(35)14-12-27)33(40)23-39(30-17-15-29(36)16-18-30)44(42,43)31-19-9-25(3)10-20-31/h4-20,24,32H,21-23H2,1-3H3,(H,37,41)/t32-/m0/s1. The number of rotatable bonds is 12. The summed E-state index contributed by atoms with van der Waals surface area (Å²) in [6.45, 7) is 4.95. The molecule has 0 aromatic heterocycles. The van der Waals surface area contributed by atoms with Crippen LogP contribution in [0.25, 0.3) is 0 Å². The van der Waals surface area contributed by atoms with Crippen LogP contribution < -0.4 is 9.62 Å². The van der Waals surface area contributed by atoms with E-state index in [2.05, 4.69) is 21.2 Å². The highest BCUT2D eigenvalue weighted by Crippen LogP contribution is 2.26. The van der Waals surface area contributed by atoms with Gasteiger partial charge in [-0.1, -0.05) is 76.1 Å². The van der Waals surface area contributed by atoms with E-state index in [1.807, 2.05) is 75.4 Å². The van der Waals surface area contributed by atoms with Gasteiger partial charge in [-0.15, -0.1) is 0 Å². The van der Waals surface area contributed by atoms with Crippen LogP contribution in [0.15, 0.2) is 112 Å². The number of anilines is 1. The summed E-state index contributed by atoms with van der Waals surface area (Å²) in [6.07, 6.45) is 0.211. The number of aryl methyl sites for hydroxylation is 1. The molecule has 0 aliphatic carbocycles. The SMILES string of the molecule is Cc1ccc(S(=O)(=O)N(CC(=O)N(Cc2ccc(Br)cc2)[C@@H](Cc2ccccc2)C(=O)NC(C)C)c2ccc(F)cc2)cc1. The largest absolute Gasteiger partial charge is 0.352 e. The lowest BCUT2D eigenvalue weighted by atomic mass is 10.0. The van der Waals surface area contributed by atoms with Gasteiger partial charge in [-0.2, -0.15) is 0 Å². The van der Waals surface area contributed by atoms with Crippen molar-refractivity contribution in [2.24, 2.45) is 0 Å². The van der Waals surface area contributed by atoms with Crippen molar-refractivity contribution in [3.8, 4) is 0 Å². The predicted octanol–water partition coefficient (Wildman–Crippen LogP) is 6.26. The summed E-state index contributed by atoms with van der Waals surface area (Å²) in [5, 5.41) is 2.93. The fourth-order valence-electron chi connectivity index (χ4n) is 4.69. The first-order chi connectivity index (χ1) is 20.9. The van der Waals surface area contributed by atoms with Crippen LogP contribution >= 0.6 is 15.9 Å². The molecule has 0 heterocycles. The molecule has 4 aromatic rings. The van der Waals surface area contributed by atoms with E-state index in [0.29, 0.717) is 0 Å². The molecular weight excluding hydrogens is 645 g/mol. The number of amides is 2. The number of benzene rings is 4. The van der Waals surface area contributed by atoms with Gasteiger partial charge in [0.15, 0.2) is 0 Å². The van der Waals surface area contributed by atoms with Crippen LogP contribution in [0.3, 0.4) is 0 Å². The van der Waals surface area contributed by atoms with Crippen LogP contribution in [0.1, 0.15) is 30.5 Å². The van der Waals surface area contributed by atoms with E-state index in [1.165, 1.54) is 29.2 Å². The minimum atomic E-state index is -4.26. The van der Waals surface area contributed by atoms with E-state index in [9.17, 15) is 22.4 Å². The zero-order valence-electron chi connectivity index (χ0n) is 24.8. The van der Waals surface area contributed by atoms with Crippen molar-refractivity contribution in [3.63, 3.8) is 0 Å². The van der Waals surface area contributed by atoms with Crippen molar-refractivity contribution < 1.29 is 22.4 Å². The Hall–Kier alpha value is -4.02. The van der Waals surface area contributed by atoms with Crippen molar-refractivity contribution in [1.29, 1.82) is 0 Å².